The van der Waals surface area contributed by atoms with E-state index < -0.39 is 12.3 Å². The average molecular weight is 280 g/mol. The predicted octanol–water partition coefficient (Wildman–Crippen LogP) is 1.86. The second-order valence-electron chi connectivity index (χ2n) is 5.69. The zero-order valence-corrected chi connectivity index (χ0v) is 11.2. The molecule has 0 aliphatic carbocycles. The summed E-state index contributed by atoms with van der Waals surface area (Å²) in [7, 11) is 0. The van der Waals surface area contributed by atoms with Crippen molar-refractivity contribution in [3.05, 3.63) is 0 Å². The van der Waals surface area contributed by atoms with Crippen LogP contribution in [-0.4, -0.2) is 66.0 Å². The van der Waals surface area contributed by atoms with E-state index in [4.69, 9.17) is 5.11 Å². The number of hydrogen-bond acceptors (Lipinski definition) is 3. The third kappa shape index (κ3) is 4.33. The summed E-state index contributed by atoms with van der Waals surface area (Å²) in [6.07, 6.45) is -1.08. The molecule has 1 N–H and O–H groups in total. The first kappa shape index (κ1) is 15.1. The van der Waals surface area contributed by atoms with Crippen molar-refractivity contribution >= 4 is 0 Å². The van der Waals surface area contributed by atoms with Gasteiger partial charge in [-0.25, -0.2) is 0 Å². The number of halogens is 3. The third-order valence-corrected chi connectivity index (χ3v) is 4.27. The first-order valence-electron chi connectivity index (χ1n) is 7.18. The summed E-state index contributed by atoms with van der Waals surface area (Å²) in [4.78, 5) is 4.22. The molecule has 19 heavy (non-hydrogen) atoms. The van der Waals surface area contributed by atoms with Crippen LogP contribution in [-0.2, 0) is 0 Å². The highest BCUT2D eigenvalue weighted by molar-refractivity contribution is 4.83. The molecule has 1 atom stereocenters. The van der Waals surface area contributed by atoms with Crippen molar-refractivity contribution in [2.75, 3.05) is 32.7 Å². The Morgan fingerprint density at radius 1 is 1.00 bits per heavy atom. The molecule has 3 nitrogen and oxygen atoms in total. The highest BCUT2D eigenvalue weighted by Gasteiger charge is 2.39. The molecule has 1 unspecified atom stereocenters. The fourth-order valence-electron chi connectivity index (χ4n) is 3.10. The fourth-order valence-corrected chi connectivity index (χ4v) is 3.10. The number of aliphatic hydroxyl groups excluding tert-OH is 1. The van der Waals surface area contributed by atoms with Crippen LogP contribution >= 0.6 is 0 Å². The van der Waals surface area contributed by atoms with Crippen molar-refractivity contribution in [3.63, 3.8) is 0 Å². The molecule has 0 aromatic rings. The lowest BCUT2D eigenvalue weighted by Crippen LogP contribution is -2.49. The lowest BCUT2D eigenvalue weighted by atomic mass is 9.99. The van der Waals surface area contributed by atoms with Gasteiger partial charge in [-0.3, -0.25) is 0 Å². The fraction of sp³-hybridized carbons (Fsp3) is 1.00. The predicted molar refractivity (Wildman–Crippen MR) is 66.9 cm³/mol. The third-order valence-electron chi connectivity index (χ3n) is 4.27. The zero-order chi connectivity index (χ0) is 13.9. The molecular formula is C13H23F3N2O. The summed E-state index contributed by atoms with van der Waals surface area (Å²) in [6, 6.07) is 0.527. The van der Waals surface area contributed by atoms with Crippen molar-refractivity contribution in [3.8, 4) is 0 Å². The van der Waals surface area contributed by atoms with E-state index in [1.54, 1.807) is 4.90 Å². The van der Waals surface area contributed by atoms with Gasteiger partial charge in [0.1, 0.15) is 0 Å². The van der Waals surface area contributed by atoms with E-state index in [0.717, 1.165) is 25.9 Å². The van der Waals surface area contributed by atoms with Crippen LogP contribution in [0.2, 0.25) is 0 Å². The van der Waals surface area contributed by atoms with Crippen molar-refractivity contribution in [1.29, 1.82) is 0 Å². The Morgan fingerprint density at radius 3 is 2.11 bits per heavy atom. The van der Waals surface area contributed by atoms with E-state index in [0.29, 0.717) is 19.1 Å². The standard InChI is InChI=1S/C13H23F3N2O/c14-13(15,16)12(19)10-17-8-4-11(5-9-17)18-6-2-1-3-7-18/h11-12,19H,1-10H2. The van der Waals surface area contributed by atoms with Gasteiger partial charge in [0.2, 0.25) is 0 Å². The molecule has 0 saturated carbocycles. The van der Waals surface area contributed by atoms with Crippen molar-refractivity contribution in [2.24, 2.45) is 0 Å². The average Bonchev–Trinajstić information content (AvgIpc) is 2.39. The molecule has 2 rings (SSSR count). The number of piperidine rings is 2. The van der Waals surface area contributed by atoms with Gasteiger partial charge in [0.15, 0.2) is 6.10 Å². The number of β-amino-alcohol motifs (C(OH)–C–C–N with tert-alkyl or cyclic N) is 1. The Morgan fingerprint density at radius 2 is 1.58 bits per heavy atom. The molecule has 0 amide bonds. The Kier molecular flexibility index (Phi) is 5.09. The van der Waals surface area contributed by atoms with Crippen LogP contribution in [0.1, 0.15) is 32.1 Å². The van der Waals surface area contributed by atoms with Crippen LogP contribution in [0.3, 0.4) is 0 Å². The van der Waals surface area contributed by atoms with Gasteiger partial charge in [-0.15, -0.1) is 0 Å². The monoisotopic (exact) mass is 280 g/mol. The number of aliphatic hydroxyl groups is 1. The van der Waals surface area contributed by atoms with Gasteiger partial charge in [-0.05, 0) is 51.9 Å². The summed E-state index contributed by atoms with van der Waals surface area (Å²) in [5.74, 6) is 0. The summed E-state index contributed by atoms with van der Waals surface area (Å²) in [5.41, 5.74) is 0. The van der Waals surface area contributed by atoms with E-state index in [-0.39, 0.29) is 6.54 Å². The molecule has 2 aliphatic heterocycles. The van der Waals surface area contributed by atoms with Crippen LogP contribution in [0.15, 0.2) is 0 Å². The maximum absolute atomic E-state index is 12.3. The largest absolute Gasteiger partial charge is 0.415 e. The van der Waals surface area contributed by atoms with Crippen LogP contribution in [0.4, 0.5) is 13.2 Å². The van der Waals surface area contributed by atoms with Crippen molar-refractivity contribution in [1.82, 2.24) is 9.80 Å². The van der Waals surface area contributed by atoms with Gasteiger partial charge < -0.3 is 14.9 Å². The molecule has 2 aliphatic rings. The first-order valence-corrected chi connectivity index (χ1v) is 7.18. The van der Waals surface area contributed by atoms with Crippen LogP contribution in [0.25, 0.3) is 0 Å². The van der Waals surface area contributed by atoms with Crippen LogP contribution in [0, 0.1) is 0 Å². The summed E-state index contributed by atoms with van der Waals surface area (Å²) in [5, 5.41) is 9.08. The number of likely N-dealkylation sites (tertiary alicyclic amines) is 2. The molecule has 0 spiro atoms. The minimum absolute atomic E-state index is 0.282. The number of hydrogen-bond donors (Lipinski definition) is 1. The normalized spacial score (nSPS) is 26.5. The first-order chi connectivity index (χ1) is 8.97. The minimum Gasteiger partial charge on any atom is -0.382 e. The van der Waals surface area contributed by atoms with Gasteiger partial charge in [0, 0.05) is 12.6 Å². The van der Waals surface area contributed by atoms with Crippen molar-refractivity contribution in [2.45, 2.75) is 50.4 Å². The summed E-state index contributed by atoms with van der Waals surface area (Å²) >= 11 is 0. The van der Waals surface area contributed by atoms with E-state index >= 15 is 0 Å². The van der Waals surface area contributed by atoms with E-state index in [1.165, 1.54) is 19.3 Å². The van der Waals surface area contributed by atoms with E-state index in [1.807, 2.05) is 0 Å². The smallest absolute Gasteiger partial charge is 0.382 e. The highest BCUT2D eigenvalue weighted by Crippen LogP contribution is 2.24. The van der Waals surface area contributed by atoms with Crippen LogP contribution in [0.5, 0.6) is 0 Å². The summed E-state index contributed by atoms with van der Waals surface area (Å²) in [6.45, 7) is 3.31. The van der Waals surface area contributed by atoms with Gasteiger partial charge >= 0.3 is 6.18 Å². The number of alkyl halides is 3. The van der Waals surface area contributed by atoms with E-state index in [2.05, 4.69) is 4.90 Å². The quantitative estimate of drug-likeness (QED) is 0.855. The van der Waals surface area contributed by atoms with Crippen LogP contribution < -0.4 is 0 Å². The molecule has 0 radical (unpaired) electrons. The number of nitrogens with zero attached hydrogens (tertiary/aromatic N) is 2. The molecule has 2 heterocycles. The molecule has 0 bridgehead atoms. The lowest BCUT2D eigenvalue weighted by molar-refractivity contribution is -0.208. The van der Waals surface area contributed by atoms with Crippen molar-refractivity contribution < 1.29 is 18.3 Å². The lowest BCUT2D eigenvalue weighted by Gasteiger charge is -2.40. The second-order valence-corrected chi connectivity index (χ2v) is 5.69. The molecule has 2 saturated heterocycles. The highest BCUT2D eigenvalue weighted by atomic mass is 19.4. The Hall–Kier alpha value is -0.330. The Labute approximate surface area is 112 Å². The van der Waals surface area contributed by atoms with Gasteiger partial charge in [0.05, 0.1) is 0 Å². The maximum Gasteiger partial charge on any atom is 0.415 e. The minimum atomic E-state index is -4.50. The van der Waals surface area contributed by atoms with Gasteiger partial charge in [-0.1, -0.05) is 6.42 Å². The molecule has 0 aromatic heterocycles. The van der Waals surface area contributed by atoms with Gasteiger partial charge in [-0.2, -0.15) is 13.2 Å². The SMILES string of the molecule is OC(CN1CCC(N2CCCCC2)CC1)C(F)(F)F. The molecule has 0 aromatic carbocycles. The zero-order valence-electron chi connectivity index (χ0n) is 11.2. The van der Waals surface area contributed by atoms with E-state index in [9.17, 15) is 13.2 Å². The molecular weight excluding hydrogens is 257 g/mol. The molecule has 112 valence electrons. The molecule has 2 fully saturated rings. The maximum atomic E-state index is 12.3. The molecule has 6 heteroatoms. The number of rotatable bonds is 3. The van der Waals surface area contributed by atoms with Gasteiger partial charge in [0.25, 0.3) is 0 Å². The Balaban J connectivity index is 1.73. The summed E-state index contributed by atoms with van der Waals surface area (Å²) < 4.78 is 36.9. The topological polar surface area (TPSA) is 26.7 Å². The second kappa shape index (κ2) is 6.41. The Bertz CT molecular complexity index is 272.